The van der Waals surface area contributed by atoms with Crippen molar-refractivity contribution in [3.05, 3.63) is 36.0 Å². The first-order chi connectivity index (χ1) is 8.29. The van der Waals surface area contributed by atoms with Crippen molar-refractivity contribution in [2.75, 3.05) is 0 Å². The van der Waals surface area contributed by atoms with E-state index in [1.807, 2.05) is 47.6 Å². The monoisotopic (exact) mass is 240 g/mol. The molecule has 0 rings (SSSR count). The molecule has 0 nitrogen and oxygen atoms in total. The number of allylic oxidation sites excluding steroid dienone is 5. The van der Waals surface area contributed by atoms with Crippen LogP contribution < -0.4 is 0 Å². The third kappa shape index (κ3) is 17.8. The Morgan fingerprint density at radius 2 is 1.18 bits per heavy atom. The van der Waals surface area contributed by atoms with Gasteiger partial charge in [0, 0.05) is 0 Å². The maximum absolute atomic E-state index is 3.70. The molecular formula is C17H36. The van der Waals surface area contributed by atoms with Gasteiger partial charge in [0.05, 0.1) is 0 Å². The van der Waals surface area contributed by atoms with Crippen LogP contribution in [0.4, 0.5) is 0 Å². The average molecular weight is 240 g/mol. The molecule has 0 unspecified atom stereocenters. The van der Waals surface area contributed by atoms with Crippen molar-refractivity contribution in [2.45, 2.75) is 75.2 Å². The predicted octanol–water partition coefficient (Wildman–Crippen LogP) is 6.94. The second-order valence-electron chi connectivity index (χ2n) is 2.45. The molecule has 0 atom stereocenters. The van der Waals surface area contributed by atoms with Gasteiger partial charge in [-0.1, -0.05) is 80.2 Å². The smallest absolute Gasteiger partial charge is 0.0305 e. The summed E-state index contributed by atoms with van der Waals surface area (Å²) in [6, 6.07) is 0. The zero-order chi connectivity index (χ0) is 14.7. The molecule has 0 aliphatic rings. The Balaban J connectivity index is -0.000000121. The van der Waals surface area contributed by atoms with E-state index in [0.717, 1.165) is 12.8 Å². The lowest BCUT2D eigenvalue weighted by Crippen LogP contribution is -1.85. The normalized spacial score (nSPS) is 9.71. The van der Waals surface area contributed by atoms with Crippen molar-refractivity contribution >= 4 is 0 Å². The standard InChI is InChI=1S/C11H18.3C2H6/c1-5-9-11(8-4)10(6-2)7-3;3*1-2/h5-6,9H,1,7-8H2,2-4H3;3*1-2H3/b10-6-,11-9-;;;. The van der Waals surface area contributed by atoms with Crippen LogP contribution in [0.5, 0.6) is 0 Å². The van der Waals surface area contributed by atoms with E-state index >= 15 is 0 Å². The number of rotatable bonds is 4. The van der Waals surface area contributed by atoms with Crippen molar-refractivity contribution in [1.29, 1.82) is 0 Å². The number of hydrogen-bond acceptors (Lipinski definition) is 0. The third-order valence-corrected chi connectivity index (χ3v) is 1.84. The maximum atomic E-state index is 3.70. The van der Waals surface area contributed by atoms with Crippen LogP contribution in [-0.2, 0) is 0 Å². The summed E-state index contributed by atoms with van der Waals surface area (Å²) in [4.78, 5) is 0. The van der Waals surface area contributed by atoms with Gasteiger partial charge >= 0.3 is 0 Å². The van der Waals surface area contributed by atoms with Crippen LogP contribution in [0, 0.1) is 0 Å². The SMILES string of the molecule is C=C/C=C(CC)\C(=C/C)CC.CC.CC.CC. The first-order valence-electron chi connectivity index (χ1n) is 7.27. The van der Waals surface area contributed by atoms with E-state index in [-0.39, 0.29) is 0 Å². The highest BCUT2D eigenvalue weighted by Gasteiger charge is 1.96. The molecule has 0 radical (unpaired) electrons. The molecule has 0 aromatic carbocycles. The minimum atomic E-state index is 1.10. The lowest BCUT2D eigenvalue weighted by molar-refractivity contribution is 1.02. The summed E-state index contributed by atoms with van der Waals surface area (Å²) in [5.74, 6) is 0. The van der Waals surface area contributed by atoms with Gasteiger partial charge in [-0.15, -0.1) is 0 Å². The van der Waals surface area contributed by atoms with Gasteiger partial charge < -0.3 is 0 Å². The van der Waals surface area contributed by atoms with Crippen molar-refractivity contribution in [3.63, 3.8) is 0 Å². The highest BCUT2D eigenvalue weighted by molar-refractivity contribution is 5.32. The highest BCUT2D eigenvalue weighted by atomic mass is 14.0. The van der Waals surface area contributed by atoms with Crippen LogP contribution in [0.25, 0.3) is 0 Å². The second-order valence-corrected chi connectivity index (χ2v) is 2.45. The van der Waals surface area contributed by atoms with E-state index in [4.69, 9.17) is 0 Å². The lowest BCUT2D eigenvalue weighted by atomic mass is 10.0. The van der Waals surface area contributed by atoms with Gasteiger partial charge in [0.1, 0.15) is 0 Å². The molecule has 104 valence electrons. The zero-order valence-corrected chi connectivity index (χ0v) is 13.9. The fourth-order valence-corrected chi connectivity index (χ4v) is 1.21. The maximum Gasteiger partial charge on any atom is -0.0305 e. The Morgan fingerprint density at radius 3 is 1.35 bits per heavy atom. The molecule has 0 N–H and O–H groups in total. The summed E-state index contributed by atoms with van der Waals surface area (Å²) < 4.78 is 0. The molecule has 0 saturated heterocycles. The molecule has 0 fully saturated rings. The molecule has 0 aliphatic carbocycles. The quantitative estimate of drug-likeness (QED) is 0.467. The van der Waals surface area contributed by atoms with Gasteiger partial charge in [-0.2, -0.15) is 0 Å². The molecule has 0 aliphatic heterocycles. The van der Waals surface area contributed by atoms with Gasteiger partial charge in [-0.05, 0) is 30.9 Å². The predicted molar refractivity (Wildman–Crippen MR) is 86.7 cm³/mol. The summed E-state index contributed by atoms with van der Waals surface area (Å²) in [5.41, 5.74) is 2.84. The minimum Gasteiger partial charge on any atom is -0.0991 e. The van der Waals surface area contributed by atoms with E-state index in [2.05, 4.69) is 39.5 Å². The summed E-state index contributed by atoms with van der Waals surface area (Å²) in [7, 11) is 0. The molecule has 0 saturated carbocycles. The van der Waals surface area contributed by atoms with Crippen molar-refractivity contribution in [3.8, 4) is 0 Å². The Kier molecular flexibility index (Phi) is 43.6. The zero-order valence-electron chi connectivity index (χ0n) is 13.9. The Labute approximate surface area is 112 Å². The summed E-state index contributed by atoms with van der Waals surface area (Å²) in [5, 5.41) is 0. The molecule has 0 aromatic heterocycles. The Hall–Kier alpha value is -0.780. The Morgan fingerprint density at radius 1 is 0.824 bits per heavy atom. The van der Waals surface area contributed by atoms with Gasteiger partial charge in [-0.25, -0.2) is 0 Å². The molecule has 0 bridgehead atoms. The van der Waals surface area contributed by atoms with E-state index < -0.39 is 0 Å². The topological polar surface area (TPSA) is 0 Å². The summed E-state index contributed by atoms with van der Waals surface area (Å²) in [6.07, 6.45) is 8.35. The minimum absolute atomic E-state index is 1.10. The van der Waals surface area contributed by atoms with Crippen LogP contribution in [0.15, 0.2) is 36.0 Å². The fourth-order valence-electron chi connectivity index (χ4n) is 1.21. The summed E-state index contributed by atoms with van der Waals surface area (Å²) >= 11 is 0. The lowest BCUT2D eigenvalue weighted by Gasteiger charge is -2.05. The van der Waals surface area contributed by atoms with Gasteiger partial charge in [0.25, 0.3) is 0 Å². The average Bonchev–Trinajstić information content (AvgIpc) is 2.45. The highest BCUT2D eigenvalue weighted by Crippen LogP contribution is 2.16. The third-order valence-electron chi connectivity index (χ3n) is 1.84. The van der Waals surface area contributed by atoms with E-state index in [0.29, 0.717) is 0 Å². The van der Waals surface area contributed by atoms with Gasteiger partial charge in [0.2, 0.25) is 0 Å². The van der Waals surface area contributed by atoms with Crippen LogP contribution in [0.1, 0.15) is 75.2 Å². The molecule has 0 heterocycles. The summed E-state index contributed by atoms with van der Waals surface area (Å²) in [6.45, 7) is 22.1. The molecule has 0 amide bonds. The Bertz CT molecular complexity index is 170. The van der Waals surface area contributed by atoms with Gasteiger partial charge in [0.15, 0.2) is 0 Å². The van der Waals surface area contributed by atoms with Crippen LogP contribution in [0.3, 0.4) is 0 Å². The van der Waals surface area contributed by atoms with E-state index in [9.17, 15) is 0 Å². The van der Waals surface area contributed by atoms with E-state index in [1.54, 1.807) is 0 Å². The van der Waals surface area contributed by atoms with E-state index in [1.165, 1.54) is 11.1 Å². The fraction of sp³-hybridized carbons (Fsp3) is 0.647. The first-order valence-corrected chi connectivity index (χ1v) is 7.27. The molecule has 0 aromatic rings. The van der Waals surface area contributed by atoms with Crippen LogP contribution in [0.2, 0.25) is 0 Å². The van der Waals surface area contributed by atoms with Crippen LogP contribution in [-0.4, -0.2) is 0 Å². The van der Waals surface area contributed by atoms with Crippen molar-refractivity contribution < 1.29 is 0 Å². The van der Waals surface area contributed by atoms with Crippen molar-refractivity contribution in [1.82, 2.24) is 0 Å². The largest absolute Gasteiger partial charge is 0.0991 e. The van der Waals surface area contributed by atoms with Crippen LogP contribution >= 0.6 is 0 Å². The second kappa shape index (κ2) is 29.5. The van der Waals surface area contributed by atoms with Gasteiger partial charge in [-0.3, -0.25) is 0 Å². The van der Waals surface area contributed by atoms with Crippen molar-refractivity contribution in [2.24, 2.45) is 0 Å². The molecular weight excluding hydrogens is 204 g/mol. The first kappa shape index (κ1) is 25.2. The number of hydrogen-bond donors (Lipinski definition) is 0. The molecule has 0 spiro atoms. The molecule has 0 heteroatoms. The molecule has 17 heavy (non-hydrogen) atoms.